The zero-order valence-electron chi connectivity index (χ0n) is 24.1. The van der Waals surface area contributed by atoms with Crippen LogP contribution in [0.15, 0.2) is 141 Å². The molecule has 0 aromatic heterocycles. The number of halogens is 9. The fraction of sp³-hybridized carbons (Fsp3) is 0.0606. The summed E-state index contributed by atoms with van der Waals surface area (Å²) in [5.74, 6) is 0.922. The van der Waals surface area contributed by atoms with E-state index in [4.69, 9.17) is 4.74 Å². The summed E-state index contributed by atoms with van der Waals surface area (Å²) in [6, 6.07) is 36.2. The van der Waals surface area contributed by atoms with Crippen LogP contribution in [-0.2, 0) is 6.18 Å². The number of methoxy groups -OCH3 is 1. The molecule has 2 nitrogen and oxygen atoms in total. The van der Waals surface area contributed by atoms with Crippen molar-refractivity contribution in [3.63, 3.8) is 0 Å². The van der Waals surface area contributed by atoms with Gasteiger partial charge in [-0.3, -0.25) is 4.79 Å². The molecular weight excluding hydrogens is 694 g/mol. The summed E-state index contributed by atoms with van der Waals surface area (Å²) in [6.07, 6.45) is -4.36. The van der Waals surface area contributed by atoms with E-state index >= 15 is 0 Å². The third-order valence-corrected chi connectivity index (χ3v) is 8.23. The minimum atomic E-state index is -10.7. The maximum absolute atomic E-state index is 13.0. The fourth-order valence-electron chi connectivity index (χ4n) is 4.10. The Bertz CT molecular complexity index is 1840. The van der Waals surface area contributed by atoms with Crippen molar-refractivity contribution < 1.29 is 47.9 Å². The van der Waals surface area contributed by atoms with Crippen LogP contribution >= 0.6 is 31.3 Å². The van der Waals surface area contributed by atoms with Gasteiger partial charge in [0.25, 0.3) is 0 Å². The van der Waals surface area contributed by atoms with Gasteiger partial charge in [-0.2, -0.15) is 13.2 Å². The number of ether oxygens (including phenoxy) is 1. The Morgan fingerprint density at radius 2 is 1.17 bits per heavy atom. The number of rotatable bonds is 8. The summed E-state index contributed by atoms with van der Waals surface area (Å²) in [5, 5.41) is 0. The van der Waals surface area contributed by atoms with E-state index in [0.717, 1.165) is 49.1 Å². The van der Waals surface area contributed by atoms with E-state index in [1.807, 2.05) is 97.1 Å². The maximum atomic E-state index is 13.0. The first-order valence-electron chi connectivity index (χ1n) is 13.3. The average Bonchev–Trinajstić information content (AvgIpc) is 3.00. The zero-order valence-corrected chi connectivity index (χ0v) is 26.6. The first kappa shape index (κ1) is 35.9. The molecule has 1 N–H and O–H groups in total. The molecule has 5 aromatic rings. The van der Waals surface area contributed by atoms with Crippen molar-refractivity contribution in [2.45, 2.75) is 25.8 Å². The standard InChI is InChI=1S/C33H23F3O2S2.F6P/c1-38-26-14-19-31(40-28-17-12-25(13-18-28)33(34,35)36)30(21-26)22-10-15-27(16-11-22)39-29-9-5-8-24(20-29)32(37)23-6-3-2-4-7-23;1-7(2,3,4,5)6/h2-21H,1H3;/q;-1/p+1. The van der Waals surface area contributed by atoms with Crippen LogP contribution in [0.2, 0.25) is 0 Å². The number of carbonyl (C=O) groups excluding carboxylic acids is 1. The first-order chi connectivity index (χ1) is 21.7. The molecule has 0 unspecified atom stereocenters. The van der Waals surface area contributed by atoms with Crippen LogP contribution in [0.1, 0.15) is 16.7 Å². The predicted octanol–water partition coefficient (Wildman–Crippen LogP) is 13.0. The van der Waals surface area contributed by atoms with Crippen LogP contribution < -0.4 is 4.74 Å². The minimum absolute atomic E-state index is 0.231. The fourth-order valence-corrected chi connectivity index (χ4v) is 5.92. The van der Waals surface area contributed by atoms with Crippen LogP contribution in [0, 0.1) is 0 Å². The topological polar surface area (TPSA) is 30.6 Å². The molecule has 0 radical (unpaired) electrons. The van der Waals surface area contributed by atoms with Gasteiger partial charge in [-0.25, -0.2) is 0 Å². The number of benzene rings is 5. The normalized spacial score (nSPS) is 13.1. The summed E-state index contributed by atoms with van der Waals surface area (Å²) < 4.78 is 104. The molecule has 0 saturated carbocycles. The average molecular weight is 719 g/mol. The molecule has 0 bridgehead atoms. The Morgan fingerprint density at radius 3 is 1.74 bits per heavy atom. The summed E-state index contributed by atoms with van der Waals surface area (Å²) in [6.45, 7) is 0. The van der Waals surface area contributed by atoms with Crippen molar-refractivity contribution in [3.05, 3.63) is 138 Å². The molecule has 248 valence electrons. The van der Waals surface area contributed by atoms with E-state index in [1.165, 1.54) is 23.9 Å². The van der Waals surface area contributed by atoms with Gasteiger partial charge < -0.3 is 4.74 Å². The van der Waals surface area contributed by atoms with Crippen LogP contribution in [0.25, 0.3) is 11.1 Å². The molecular formula is C33H24F9O2PS2. The summed E-state index contributed by atoms with van der Waals surface area (Å²) in [7, 11) is -9.06. The number of ketones is 1. The van der Waals surface area contributed by atoms with Crippen molar-refractivity contribution in [3.8, 4) is 16.9 Å². The Labute approximate surface area is 272 Å². The summed E-state index contributed by atoms with van der Waals surface area (Å²) in [5.41, 5.74) is 2.72. The van der Waals surface area contributed by atoms with Gasteiger partial charge in [0.05, 0.1) is 23.8 Å². The van der Waals surface area contributed by atoms with Gasteiger partial charge in [0.15, 0.2) is 0 Å². The van der Waals surface area contributed by atoms with E-state index in [2.05, 4.69) is 0 Å². The molecule has 0 aliphatic rings. The Hall–Kier alpha value is -3.93. The van der Waals surface area contributed by atoms with Crippen molar-refractivity contribution in [1.29, 1.82) is 0 Å². The van der Waals surface area contributed by atoms with Crippen LogP contribution in [0.5, 0.6) is 5.75 Å². The van der Waals surface area contributed by atoms with Gasteiger partial charge in [0, 0.05) is 19.6 Å². The molecule has 0 spiro atoms. The third-order valence-electron chi connectivity index (χ3n) is 6.15. The molecule has 47 heavy (non-hydrogen) atoms. The quantitative estimate of drug-likeness (QED) is 0.0693. The molecule has 0 heterocycles. The van der Waals surface area contributed by atoms with E-state index in [0.29, 0.717) is 10.6 Å². The molecule has 5 rings (SSSR count). The molecule has 0 aliphatic heterocycles. The number of hydrogen-bond donors (Lipinski definition) is 0. The van der Waals surface area contributed by atoms with Gasteiger partial charge in [0.1, 0.15) is 5.75 Å². The SMILES string of the molecule is COc1ccc(Sc2ccc(C(F)(F)F)cc2)c(-c2ccc(Sc3cccc(C(=[OH+])c4ccccc4)c3)cc2)c1.F[P-](F)(F)(F)(F)F. The van der Waals surface area contributed by atoms with Crippen LogP contribution in [0.4, 0.5) is 38.4 Å². The Balaban J connectivity index is 0.000000644. The third kappa shape index (κ3) is 12.0. The number of alkyl halides is 3. The second kappa shape index (κ2) is 13.3. The van der Waals surface area contributed by atoms with Gasteiger partial charge in [-0.1, -0.05) is 59.9 Å². The summed E-state index contributed by atoms with van der Waals surface area (Å²) in [4.78, 5) is 14.3. The van der Waals surface area contributed by atoms with E-state index in [-0.39, 0.29) is 5.78 Å². The molecule has 0 saturated heterocycles. The van der Waals surface area contributed by atoms with Crippen molar-refractivity contribution >= 4 is 37.1 Å². The van der Waals surface area contributed by atoms with Gasteiger partial charge in [-0.05, 0) is 96.1 Å². The van der Waals surface area contributed by atoms with E-state index in [9.17, 15) is 43.1 Å². The van der Waals surface area contributed by atoms with Gasteiger partial charge in [-0.15, -0.1) is 0 Å². The van der Waals surface area contributed by atoms with Crippen molar-refractivity contribution in [2.24, 2.45) is 0 Å². The molecule has 5 aromatic carbocycles. The Morgan fingerprint density at radius 1 is 0.617 bits per heavy atom. The molecule has 14 heteroatoms. The zero-order chi connectivity index (χ0) is 34.5. The first-order valence-corrected chi connectivity index (χ1v) is 17.0. The van der Waals surface area contributed by atoms with Crippen LogP contribution in [-0.4, -0.2) is 17.7 Å². The monoisotopic (exact) mass is 718 g/mol. The molecule has 0 aliphatic carbocycles. The van der Waals surface area contributed by atoms with Gasteiger partial charge >= 0.3 is 44.9 Å². The summed E-state index contributed by atoms with van der Waals surface area (Å²) >= 11 is 2.99. The van der Waals surface area contributed by atoms with Crippen LogP contribution in [0.3, 0.4) is 0 Å². The van der Waals surface area contributed by atoms with E-state index < -0.39 is 19.5 Å². The van der Waals surface area contributed by atoms with E-state index in [1.54, 1.807) is 18.9 Å². The van der Waals surface area contributed by atoms with Crippen molar-refractivity contribution in [2.75, 3.05) is 7.11 Å². The predicted molar refractivity (Wildman–Crippen MR) is 170 cm³/mol. The van der Waals surface area contributed by atoms with Crippen molar-refractivity contribution in [1.82, 2.24) is 0 Å². The number of hydrogen-bond acceptors (Lipinski definition) is 3. The molecule has 0 amide bonds. The van der Waals surface area contributed by atoms with Gasteiger partial charge in [0.2, 0.25) is 0 Å². The molecule has 0 fully saturated rings. The second-order valence-electron chi connectivity index (χ2n) is 9.81. The molecule has 0 atom stereocenters. The second-order valence-corrected chi connectivity index (χ2v) is 14.0. The Kier molecular flexibility index (Phi) is 10.2.